The summed E-state index contributed by atoms with van der Waals surface area (Å²) in [5.41, 5.74) is 4.51. The Bertz CT molecular complexity index is 1090. The van der Waals surface area contributed by atoms with Gasteiger partial charge in [-0.1, -0.05) is 24.3 Å². The molecular formula is C25H27N5O3. The van der Waals surface area contributed by atoms with E-state index in [0.29, 0.717) is 30.6 Å². The number of hydrogen-bond donors (Lipinski definition) is 2. The molecular weight excluding hydrogens is 418 g/mol. The molecule has 2 aliphatic heterocycles. The molecule has 1 aromatic carbocycles. The number of benzene rings is 1. The Balaban J connectivity index is 1.24. The minimum absolute atomic E-state index is 0.148. The molecule has 2 fully saturated rings. The Kier molecular flexibility index (Phi) is 5.81. The predicted octanol–water partition coefficient (Wildman–Crippen LogP) is 2.57. The molecule has 2 aromatic rings. The summed E-state index contributed by atoms with van der Waals surface area (Å²) in [6.07, 6.45) is 9.22. The summed E-state index contributed by atoms with van der Waals surface area (Å²) in [6, 6.07) is 10.7. The molecule has 0 saturated carbocycles. The van der Waals surface area contributed by atoms with Gasteiger partial charge in [-0.05, 0) is 55.5 Å². The summed E-state index contributed by atoms with van der Waals surface area (Å²) < 4.78 is 0. The maximum atomic E-state index is 13.0. The average Bonchev–Trinajstić information content (AvgIpc) is 3.40. The maximum Gasteiger partial charge on any atom is 0.251 e. The van der Waals surface area contributed by atoms with E-state index in [4.69, 9.17) is 0 Å². The third-order valence-corrected chi connectivity index (χ3v) is 6.59. The first-order valence-electron chi connectivity index (χ1n) is 11.5. The first kappa shape index (κ1) is 21.2. The minimum Gasteiger partial charge on any atom is -0.357 e. The van der Waals surface area contributed by atoms with Crippen molar-refractivity contribution >= 4 is 29.2 Å². The van der Waals surface area contributed by atoms with E-state index in [1.807, 2.05) is 24.3 Å². The van der Waals surface area contributed by atoms with Gasteiger partial charge in [-0.3, -0.25) is 19.8 Å². The third-order valence-electron chi connectivity index (χ3n) is 6.59. The van der Waals surface area contributed by atoms with Crippen molar-refractivity contribution in [2.24, 2.45) is 11.8 Å². The van der Waals surface area contributed by atoms with Crippen molar-refractivity contribution in [3.05, 3.63) is 65.9 Å². The second kappa shape index (κ2) is 9.05. The highest BCUT2D eigenvalue weighted by Gasteiger charge is 2.42. The van der Waals surface area contributed by atoms with Crippen LogP contribution in [0.5, 0.6) is 0 Å². The quantitative estimate of drug-likeness (QED) is 0.690. The van der Waals surface area contributed by atoms with Gasteiger partial charge in [0.1, 0.15) is 5.82 Å². The van der Waals surface area contributed by atoms with Crippen molar-refractivity contribution in [2.45, 2.75) is 32.2 Å². The van der Waals surface area contributed by atoms with Crippen LogP contribution < -0.4 is 20.7 Å². The second-order valence-electron chi connectivity index (χ2n) is 8.76. The van der Waals surface area contributed by atoms with Gasteiger partial charge in [0, 0.05) is 31.4 Å². The smallest absolute Gasteiger partial charge is 0.251 e. The molecule has 3 amide bonds. The minimum atomic E-state index is -0.364. The summed E-state index contributed by atoms with van der Waals surface area (Å²) in [7, 11) is 0. The van der Waals surface area contributed by atoms with Crippen molar-refractivity contribution < 1.29 is 14.4 Å². The first-order chi connectivity index (χ1) is 16.1. The number of nitrogens with zero attached hydrogens (tertiary/aromatic N) is 3. The Morgan fingerprint density at radius 3 is 2.61 bits per heavy atom. The van der Waals surface area contributed by atoms with Gasteiger partial charge in [0.2, 0.25) is 11.8 Å². The van der Waals surface area contributed by atoms with E-state index in [0.717, 1.165) is 24.5 Å². The third kappa shape index (κ3) is 4.33. The van der Waals surface area contributed by atoms with Crippen LogP contribution in [0.2, 0.25) is 0 Å². The number of nitrogens with one attached hydrogen (secondary N) is 2. The fourth-order valence-corrected chi connectivity index (χ4v) is 4.71. The highest BCUT2D eigenvalue weighted by molar-refractivity contribution is 6.05. The molecule has 2 N–H and O–H groups in total. The molecule has 8 heteroatoms. The summed E-state index contributed by atoms with van der Waals surface area (Å²) in [5.74, 6) is -0.281. The lowest BCUT2D eigenvalue weighted by atomic mass is 9.80. The number of carbonyl (C=O) groups is 3. The van der Waals surface area contributed by atoms with Crippen LogP contribution >= 0.6 is 0 Å². The Morgan fingerprint density at radius 1 is 1.06 bits per heavy atom. The summed E-state index contributed by atoms with van der Waals surface area (Å²) in [6.45, 7) is 2.43. The highest BCUT2D eigenvalue weighted by Crippen LogP contribution is 2.32. The lowest BCUT2D eigenvalue weighted by molar-refractivity contribution is -0.139. The fourth-order valence-electron chi connectivity index (χ4n) is 4.71. The predicted molar refractivity (Wildman–Crippen MR) is 124 cm³/mol. The van der Waals surface area contributed by atoms with Crippen LogP contribution in [0.3, 0.4) is 0 Å². The van der Waals surface area contributed by atoms with Crippen LogP contribution in [0, 0.1) is 11.8 Å². The van der Waals surface area contributed by atoms with E-state index >= 15 is 0 Å². The molecule has 2 unspecified atom stereocenters. The second-order valence-corrected chi connectivity index (χ2v) is 8.76. The van der Waals surface area contributed by atoms with E-state index < -0.39 is 0 Å². The topological polar surface area (TPSA) is 94.6 Å². The molecule has 1 aliphatic carbocycles. The normalized spacial score (nSPS) is 22.2. The lowest BCUT2D eigenvalue weighted by Gasteiger charge is -2.38. The van der Waals surface area contributed by atoms with Crippen LogP contribution in [0.25, 0.3) is 0 Å². The van der Waals surface area contributed by atoms with Crippen LogP contribution in [-0.4, -0.2) is 35.8 Å². The van der Waals surface area contributed by atoms with Crippen molar-refractivity contribution in [1.29, 1.82) is 0 Å². The number of amides is 3. The molecule has 3 heterocycles. The van der Waals surface area contributed by atoms with Gasteiger partial charge in [0.25, 0.3) is 5.91 Å². The average molecular weight is 446 g/mol. The fraction of sp³-hybridized carbons (Fsp3) is 0.360. The molecule has 5 rings (SSSR count). The van der Waals surface area contributed by atoms with Gasteiger partial charge in [0.15, 0.2) is 0 Å². The molecule has 3 aliphatic rings. The number of aromatic nitrogens is 1. The van der Waals surface area contributed by atoms with Crippen molar-refractivity contribution in [3.63, 3.8) is 0 Å². The van der Waals surface area contributed by atoms with Crippen LogP contribution in [0.15, 0.2) is 54.7 Å². The van der Waals surface area contributed by atoms with Crippen LogP contribution in [-0.2, 0) is 16.1 Å². The number of rotatable bonds is 5. The zero-order chi connectivity index (χ0) is 22.8. The zero-order valence-electron chi connectivity index (χ0n) is 18.4. The summed E-state index contributed by atoms with van der Waals surface area (Å²) in [5, 5.41) is 4.19. The van der Waals surface area contributed by atoms with E-state index in [1.54, 1.807) is 30.5 Å². The standard InChI is InChI=1S/C25H27N5O3/c31-23(27-16-17-10-11-22(26-15-17)29-12-3-4-13-29)18-6-5-7-19(14-18)30-25(33)21-9-2-1-8-20(21)24(32)28-30/h1-2,5-7,10-11,14-15,20-21H,3-4,8-9,12-13,16H2,(H,27,31)(H,28,32). The molecule has 0 bridgehead atoms. The molecule has 33 heavy (non-hydrogen) atoms. The van der Waals surface area contributed by atoms with Gasteiger partial charge in [-0.15, -0.1) is 0 Å². The van der Waals surface area contributed by atoms with Crippen molar-refractivity contribution in [1.82, 2.24) is 15.7 Å². The van der Waals surface area contributed by atoms with Crippen molar-refractivity contribution in [2.75, 3.05) is 23.0 Å². The zero-order valence-corrected chi connectivity index (χ0v) is 18.4. The number of fused-ring (bicyclic) bond motifs is 1. The molecule has 1 aromatic heterocycles. The molecule has 0 spiro atoms. The SMILES string of the molecule is O=C(NCc1ccc(N2CCCC2)nc1)c1cccc(N2NC(=O)C3CC=CCC3C2=O)c1. The largest absolute Gasteiger partial charge is 0.357 e. The monoisotopic (exact) mass is 445 g/mol. The number of hydrogen-bond acceptors (Lipinski definition) is 5. The van der Waals surface area contributed by atoms with Gasteiger partial charge < -0.3 is 10.2 Å². The van der Waals surface area contributed by atoms with E-state index in [1.165, 1.54) is 17.9 Å². The summed E-state index contributed by atoms with van der Waals surface area (Å²) >= 11 is 0. The van der Waals surface area contributed by atoms with Crippen molar-refractivity contribution in [3.8, 4) is 0 Å². The van der Waals surface area contributed by atoms with Gasteiger partial charge >= 0.3 is 0 Å². The highest BCUT2D eigenvalue weighted by atomic mass is 16.2. The van der Waals surface area contributed by atoms with Crippen LogP contribution in [0.1, 0.15) is 41.6 Å². The number of hydrazine groups is 1. The molecule has 0 radical (unpaired) electrons. The van der Waals surface area contributed by atoms with Gasteiger partial charge in [-0.25, -0.2) is 9.99 Å². The molecule has 170 valence electrons. The van der Waals surface area contributed by atoms with E-state index in [2.05, 4.69) is 20.6 Å². The van der Waals surface area contributed by atoms with Crippen LogP contribution in [0.4, 0.5) is 11.5 Å². The Labute approximate surface area is 192 Å². The Morgan fingerprint density at radius 2 is 1.85 bits per heavy atom. The number of anilines is 2. The summed E-state index contributed by atoms with van der Waals surface area (Å²) in [4.78, 5) is 45.1. The number of allylic oxidation sites excluding steroid dienone is 2. The first-order valence-corrected chi connectivity index (χ1v) is 11.5. The number of pyridine rings is 1. The molecule has 2 atom stereocenters. The Hall–Kier alpha value is -3.68. The van der Waals surface area contributed by atoms with Gasteiger partial charge in [0.05, 0.1) is 17.5 Å². The molecule has 8 nitrogen and oxygen atoms in total. The molecule has 2 saturated heterocycles. The number of carbonyl (C=O) groups excluding carboxylic acids is 3. The lowest BCUT2D eigenvalue weighted by Crippen LogP contribution is -2.59. The van der Waals surface area contributed by atoms with E-state index in [-0.39, 0.29) is 29.6 Å². The maximum absolute atomic E-state index is 13.0. The van der Waals surface area contributed by atoms with Gasteiger partial charge in [-0.2, -0.15) is 0 Å². The van der Waals surface area contributed by atoms with E-state index in [9.17, 15) is 14.4 Å².